The Balaban J connectivity index is 1.17. The van der Waals surface area contributed by atoms with Crippen molar-refractivity contribution >= 4 is 34.5 Å². The fourth-order valence-corrected chi connectivity index (χ4v) is 5.66. The van der Waals surface area contributed by atoms with Crippen LogP contribution in [0.2, 0.25) is 0 Å². The van der Waals surface area contributed by atoms with Gasteiger partial charge in [0.05, 0.1) is 40.6 Å². The van der Waals surface area contributed by atoms with Crippen molar-refractivity contribution in [2.24, 2.45) is 11.7 Å². The van der Waals surface area contributed by atoms with Gasteiger partial charge in [0.2, 0.25) is 11.8 Å². The highest BCUT2D eigenvalue weighted by atomic mass is 32.2. The first-order valence-electron chi connectivity index (χ1n) is 11.9. The van der Waals surface area contributed by atoms with Gasteiger partial charge in [0, 0.05) is 36.5 Å². The maximum absolute atomic E-state index is 11.6. The van der Waals surface area contributed by atoms with E-state index in [9.17, 15) is 9.90 Å². The van der Waals surface area contributed by atoms with E-state index in [1.807, 2.05) is 18.2 Å². The first-order chi connectivity index (χ1) is 17.0. The predicted octanol–water partition coefficient (Wildman–Crippen LogP) is 2.79. The number of hydrogen-bond acceptors (Lipinski definition) is 9. The minimum Gasteiger partial charge on any atom is -0.481 e. The van der Waals surface area contributed by atoms with Crippen molar-refractivity contribution < 1.29 is 14.6 Å². The molecule has 1 amide bonds. The predicted molar refractivity (Wildman–Crippen MR) is 135 cm³/mol. The van der Waals surface area contributed by atoms with Gasteiger partial charge in [0.15, 0.2) is 0 Å². The van der Waals surface area contributed by atoms with Crippen LogP contribution in [-0.2, 0) is 11.3 Å². The quantitative estimate of drug-likeness (QED) is 0.391. The summed E-state index contributed by atoms with van der Waals surface area (Å²) in [7, 11) is 1.57. The lowest BCUT2D eigenvalue weighted by Gasteiger charge is -2.34. The molecule has 3 aromatic heterocycles. The van der Waals surface area contributed by atoms with Gasteiger partial charge in [0.25, 0.3) is 0 Å². The third-order valence-corrected chi connectivity index (χ3v) is 7.95. The first-order valence-corrected chi connectivity index (χ1v) is 12.9. The van der Waals surface area contributed by atoms with E-state index in [0.717, 1.165) is 36.3 Å². The normalized spacial score (nSPS) is 21.7. The number of aliphatic hydroxyl groups excluding tert-OH is 1. The van der Waals surface area contributed by atoms with Crippen molar-refractivity contribution in [3.05, 3.63) is 47.8 Å². The molecule has 1 aliphatic carbocycles. The highest BCUT2D eigenvalue weighted by Gasteiger charge is 2.31. The number of aliphatic hydroxyl groups is 1. The number of hydrogen-bond donors (Lipinski definition) is 4. The molecule has 35 heavy (non-hydrogen) atoms. The van der Waals surface area contributed by atoms with Crippen LogP contribution >= 0.6 is 11.8 Å². The summed E-state index contributed by atoms with van der Waals surface area (Å²) in [5.41, 5.74) is 9.50. The largest absolute Gasteiger partial charge is 0.481 e. The number of carbonyl (C=O) groups excluding carboxylic acids is 1. The number of amides is 1. The summed E-state index contributed by atoms with van der Waals surface area (Å²) < 4.78 is 5.25. The molecule has 2 atom stereocenters. The monoisotopic (exact) mass is 494 g/mol. The van der Waals surface area contributed by atoms with Crippen LogP contribution in [0, 0.1) is 5.92 Å². The number of nitrogens with zero attached hydrogens (tertiary/aromatic N) is 3. The maximum Gasteiger partial charge on any atom is 0.235 e. The fraction of sp³-hybridized carbons (Fsp3) is 0.440. The van der Waals surface area contributed by atoms with Gasteiger partial charge in [-0.3, -0.25) is 9.78 Å². The summed E-state index contributed by atoms with van der Waals surface area (Å²) in [4.78, 5) is 26.1. The summed E-state index contributed by atoms with van der Waals surface area (Å²) in [6, 6.07) is 9.39. The Morgan fingerprint density at radius 1 is 1.20 bits per heavy atom. The van der Waals surface area contributed by atoms with E-state index in [2.05, 4.69) is 25.6 Å². The molecule has 0 spiro atoms. The molecule has 0 bridgehead atoms. The molecule has 10 heteroatoms. The van der Waals surface area contributed by atoms with Crippen LogP contribution in [0.3, 0.4) is 0 Å². The third-order valence-electron chi connectivity index (χ3n) is 6.90. The first kappa shape index (κ1) is 23.9. The molecule has 1 saturated carbocycles. The summed E-state index contributed by atoms with van der Waals surface area (Å²) >= 11 is 1.52. The SMILES string of the molecule is COc1ccc2nccc([C@H](O)[C@@H](N)C3CCC(NCc4ccc5c(n4)NC(=O)CS5)CC3)c2n1. The summed E-state index contributed by atoms with van der Waals surface area (Å²) in [6.45, 7) is 0.647. The Morgan fingerprint density at radius 3 is 2.83 bits per heavy atom. The van der Waals surface area contributed by atoms with Gasteiger partial charge in [-0.05, 0) is 55.9 Å². The molecule has 0 saturated heterocycles. The fourth-order valence-electron chi connectivity index (χ4n) is 4.90. The van der Waals surface area contributed by atoms with Crippen LogP contribution in [0.5, 0.6) is 5.88 Å². The van der Waals surface area contributed by atoms with E-state index in [4.69, 9.17) is 10.5 Å². The number of aromatic nitrogens is 3. The molecular weight excluding hydrogens is 464 g/mol. The van der Waals surface area contributed by atoms with E-state index in [1.54, 1.807) is 25.4 Å². The van der Waals surface area contributed by atoms with E-state index in [1.165, 1.54) is 11.8 Å². The standard InChI is InChI=1S/C25H30N6O3S/c1-34-21-9-7-18-23(31-21)17(10-11-27-18)24(33)22(26)14-2-4-15(5-3-14)28-12-16-6-8-19-25(29-16)30-20(32)13-35-19/h6-11,14-15,22,24,28,33H,2-5,12-13,26H2,1H3,(H,29,30,32)/t14?,15?,22-,24-/m0/s1. The van der Waals surface area contributed by atoms with Crippen LogP contribution in [-0.4, -0.2) is 50.9 Å². The molecule has 1 aliphatic heterocycles. The molecule has 0 aromatic carbocycles. The molecule has 184 valence electrons. The molecule has 0 unspecified atom stereocenters. The number of fused-ring (bicyclic) bond motifs is 2. The third kappa shape index (κ3) is 5.25. The van der Waals surface area contributed by atoms with Gasteiger partial charge in [-0.15, -0.1) is 11.8 Å². The average Bonchev–Trinajstić information content (AvgIpc) is 2.90. The van der Waals surface area contributed by atoms with E-state index in [0.29, 0.717) is 46.6 Å². The number of thioether (sulfide) groups is 1. The zero-order valence-electron chi connectivity index (χ0n) is 19.6. The molecule has 3 aromatic rings. The molecule has 4 heterocycles. The summed E-state index contributed by atoms with van der Waals surface area (Å²) in [5.74, 6) is 1.78. The molecule has 0 radical (unpaired) electrons. The number of pyridine rings is 3. The van der Waals surface area contributed by atoms with Gasteiger partial charge in [-0.2, -0.15) is 0 Å². The number of methoxy groups -OCH3 is 1. The van der Waals surface area contributed by atoms with Gasteiger partial charge in [0.1, 0.15) is 5.82 Å². The Labute approximate surface area is 208 Å². The van der Waals surface area contributed by atoms with Gasteiger partial charge in [-0.25, -0.2) is 9.97 Å². The smallest absolute Gasteiger partial charge is 0.235 e. The zero-order chi connectivity index (χ0) is 24.4. The minimum absolute atomic E-state index is 0.00774. The second-order valence-corrected chi connectivity index (χ2v) is 10.1. The van der Waals surface area contributed by atoms with Crippen LogP contribution in [0.25, 0.3) is 11.0 Å². The highest BCUT2D eigenvalue weighted by molar-refractivity contribution is 8.00. The number of rotatable bonds is 7. The Bertz CT molecular complexity index is 1220. The Kier molecular flexibility index (Phi) is 7.14. The van der Waals surface area contributed by atoms with Crippen molar-refractivity contribution in [2.75, 3.05) is 18.2 Å². The molecule has 5 N–H and O–H groups in total. The summed E-state index contributed by atoms with van der Waals surface area (Å²) in [6.07, 6.45) is 4.67. The average molecular weight is 495 g/mol. The van der Waals surface area contributed by atoms with E-state index >= 15 is 0 Å². The number of nitrogens with one attached hydrogen (secondary N) is 2. The van der Waals surface area contributed by atoms with Crippen LogP contribution < -0.4 is 21.1 Å². The molecule has 5 rings (SSSR count). The summed E-state index contributed by atoms with van der Waals surface area (Å²) in [5, 5.41) is 17.6. The minimum atomic E-state index is -0.831. The zero-order valence-corrected chi connectivity index (χ0v) is 20.4. The number of ether oxygens (including phenoxy) is 1. The lowest BCUT2D eigenvalue weighted by molar-refractivity contribution is -0.113. The Hall–Kier alpha value is -2.79. The van der Waals surface area contributed by atoms with Crippen molar-refractivity contribution in [1.82, 2.24) is 20.3 Å². The lowest BCUT2D eigenvalue weighted by atomic mass is 9.79. The second kappa shape index (κ2) is 10.4. The molecular formula is C25H30N6O3S. The number of anilines is 1. The van der Waals surface area contributed by atoms with E-state index < -0.39 is 12.1 Å². The van der Waals surface area contributed by atoms with Gasteiger partial charge >= 0.3 is 0 Å². The Morgan fingerprint density at radius 2 is 2.03 bits per heavy atom. The molecule has 1 fully saturated rings. The highest BCUT2D eigenvalue weighted by Crippen LogP contribution is 2.34. The maximum atomic E-state index is 11.6. The topological polar surface area (TPSA) is 135 Å². The van der Waals surface area contributed by atoms with Crippen LogP contribution in [0.4, 0.5) is 5.82 Å². The van der Waals surface area contributed by atoms with Crippen molar-refractivity contribution in [1.29, 1.82) is 0 Å². The lowest BCUT2D eigenvalue weighted by Crippen LogP contribution is -2.41. The van der Waals surface area contributed by atoms with Gasteiger partial charge < -0.3 is 26.2 Å². The second-order valence-electron chi connectivity index (χ2n) is 9.12. The van der Waals surface area contributed by atoms with Crippen LogP contribution in [0.1, 0.15) is 43.0 Å². The number of nitrogens with two attached hydrogens (primary N) is 1. The van der Waals surface area contributed by atoms with Crippen molar-refractivity contribution in [3.8, 4) is 5.88 Å². The molecule has 2 aliphatic rings. The van der Waals surface area contributed by atoms with Gasteiger partial charge in [-0.1, -0.05) is 0 Å². The molecule has 9 nitrogen and oxygen atoms in total. The van der Waals surface area contributed by atoms with Crippen LogP contribution in [0.15, 0.2) is 41.4 Å². The number of carbonyl (C=O) groups is 1. The van der Waals surface area contributed by atoms with Crippen molar-refractivity contribution in [2.45, 2.75) is 55.3 Å². The van der Waals surface area contributed by atoms with Crippen molar-refractivity contribution in [3.63, 3.8) is 0 Å². The van der Waals surface area contributed by atoms with E-state index in [-0.39, 0.29) is 11.8 Å².